The van der Waals surface area contributed by atoms with Gasteiger partial charge in [-0.25, -0.2) is 4.79 Å². The second kappa shape index (κ2) is 4.24. The van der Waals surface area contributed by atoms with Crippen molar-refractivity contribution in [2.75, 3.05) is 7.11 Å². The fourth-order valence-corrected chi connectivity index (χ4v) is 2.17. The van der Waals surface area contributed by atoms with Gasteiger partial charge in [0.2, 0.25) is 0 Å². The van der Waals surface area contributed by atoms with E-state index < -0.39 is 5.97 Å². The molecule has 0 radical (unpaired) electrons. The molecule has 0 aliphatic rings. The Balaban J connectivity index is 2.38. The number of pyridine rings is 1. The molecule has 0 saturated heterocycles. The predicted octanol–water partition coefficient (Wildman–Crippen LogP) is 2.47. The summed E-state index contributed by atoms with van der Waals surface area (Å²) in [5.41, 5.74) is 1.76. The van der Waals surface area contributed by atoms with Crippen LogP contribution in [0.15, 0.2) is 47.3 Å². The quantitative estimate of drug-likeness (QED) is 0.535. The Bertz CT molecular complexity index is 849. The third-order valence-electron chi connectivity index (χ3n) is 3.13. The SMILES string of the molecule is COC(=O)c1ccc2c(=O)c3ccccc3[nH]c2c1. The highest BCUT2D eigenvalue weighted by Crippen LogP contribution is 2.16. The minimum absolute atomic E-state index is 0.0410. The van der Waals surface area contributed by atoms with Crippen LogP contribution >= 0.6 is 0 Å². The van der Waals surface area contributed by atoms with E-state index in [1.54, 1.807) is 24.3 Å². The summed E-state index contributed by atoms with van der Waals surface area (Å²) < 4.78 is 4.67. The highest BCUT2D eigenvalue weighted by Gasteiger charge is 2.09. The normalized spacial score (nSPS) is 10.8. The van der Waals surface area contributed by atoms with Crippen molar-refractivity contribution in [1.29, 1.82) is 0 Å². The van der Waals surface area contributed by atoms with Gasteiger partial charge in [0.15, 0.2) is 5.43 Å². The number of fused-ring (bicyclic) bond motifs is 2. The van der Waals surface area contributed by atoms with E-state index >= 15 is 0 Å². The Labute approximate surface area is 108 Å². The van der Waals surface area contributed by atoms with E-state index in [0.717, 1.165) is 5.52 Å². The minimum atomic E-state index is -0.420. The molecule has 3 aromatic rings. The Kier molecular flexibility index (Phi) is 2.56. The maximum absolute atomic E-state index is 12.3. The first-order valence-corrected chi connectivity index (χ1v) is 5.84. The first kappa shape index (κ1) is 11.5. The molecule has 0 unspecified atom stereocenters. The van der Waals surface area contributed by atoms with Gasteiger partial charge in [-0.15, -0.1) is 0 Å². The molecule has 0 aliphatic heterocycles. The lowest BCUT2D eigenvalue weighted by atomic mass is 10.1. The summed E-state index contributed by atoms with van der Waals surface area (Å²) in [7, 11) is 1.33. The summed E-state index contributed by atoms with van der Waals surface area (Å²) in [5, 5.41) is 1.20. The summed E-state index contributed by atoms with van der Waals surface area (Å²) in [6.07, 6.45) is 0. The van der Waals surface area contributed by atoms with E-state index in [9.17, 15) is 9.59 Å². The number of ether oxygens (including phenoxy) is 1. The standard InChI is InChI=1S/C15H11NO3/c1-19-15(18)9-6-7-11-13(8-9)16-12-5-3-2-4-10(12)14(11)17/h2-8H,1H3,(H,16,17). The van der Waals surface area contributed by atoms with Gasteiger partial charge >= 0.3 is 5.97 Å². The molecule has 0 atom stereocenters. The van der Waals surface area contributed by atoms with Gasteiger partial charge in [0, 0.05) is 16.3 Å². The van der Waals surface area contributed by atoms with Gasteiger partial charge in [-0.05, 0) is 30.3 Å². The van der Waals surface area contributed by atoms with Crippen LogP contribution in [-0.4, -0.2) is 18.1 Å². The highest BCUT2D eigenvalue weighted by molar-refractivity contribution is 5.97. The van der Waals surface area contributed by atoms with Crippen LogP contribution in [0.2, 0.25) is 0 Å². The Morgan fingerprint density at radius 1 is 1.05 bits per heavy atom. The molecular weight excluding hydrogens is 242 g/mol. The van der Waals surface area contributed by atoms with Crippen molar-refractivity contribution in [3.05, 3.63) is 58.3 Å². The molecule has 0 saturated carbocycles. The van der Waals surface area contributed by atoms with Crippen LogP contribution in [0.4, 0.5) is 0 Å². The smallest absolute Gasteiger partial charge is 0.337 e. The number of rotatable bonds is 1. The Hall–Kier alpha value is -2.62. The van der Waals surface area contributed by atoms with Crippen molar-refractivity contribution in [1.82, 2.24) is 4.98 Å². The third kappa shape index (κ3) is 1.78. The van der Waals surface area contributed by atoms with Crippen molar-refractivity contribution in [2.45, 2.75) is 0 Å². The van der Waals surface area contributed by atoms with Crippen molar-refractivity contribution >= 4 is 27.8 Å². The van der Waals surface area contributed by atoms with E-state index in [2.05, 4.69) is 9.72 Å². The molecule has 1 aromatic heterocycles. The van der Waals surface area contributed by atoms with E-state index in [4.69, 9.17) is 0 Å². The molecule has 94 valence electrons. The van der Waals surface area contributed by atoms with Gasteiger partial charge in [-0.1, -0.05) is 12.1 Å². The fraction of sp³-hybridized carbons (Fsp3) is 0.0667. The zero-order valence-electron chi connectivity index (χ0n) is 10.3. The third-order valence-corrected chi connectivity index (χ3v) is 3.13. The lowest BCUT2D eigenvalue weighted by Gasteiger charge is -2.04. The Morgan fingerprint density at radius 3 is 2.58 bits per heavy atom. The van der Waals surface area contributed by atoms with Crippen LogP contribution in [0.25, 0.3) is 21.8 Å². The zero-order chi connectivity index (χ0) is 13.4. The number of nitrogens with one attached hydrogen (secondary N) is 1. The summed E-state index contributed by atoms with van der Waals surface area (Å²) in [6.45, 7) is 0. The topological polar surface area (TPSA) is 59.2 Å². The summed E-state index contributed by atoms with van der Waals surface area (Å²) in [4.78, 5) is 27.0. The van der Waals surface area contributed by atoms with Crippen molar-refractivity contribution in [3.63, 3.8) is 0 Å². The molecule has 0 bridgehead atoms. The average Bonchev–Trinajstić information content (AvgIpc) is 2.46. The summed E-state index contributed by atoms with van der Waals surface area (Å²) in [6, 6.07) is 12.2. The first-order chi connectivity index (χ1) is 9.20. The largest absolute Gasteiger partial charge is 0.465 e. The second-order valence-electron chi connectivity index (χ2n) is 4.25. The number of esters is 1. The van der Waals surface area contributed by atoms with E-state index in [-0.39, 0.29) is 5.43 Å². The molecule has 19 heavy (non-hydrogen) atoms. The monoisotopic (exact) mass is 253 g/mol. The number of aromatic amines is 1. The van der Waals surface area contributed by atoms with Gasteiger partial charge in [0.1, 0.15) is 0 Å². The molecule has 1 N–H and O–H groups in total. The molecule has 0 fully saturated rings. The molecule has 3 rings (SSSR count). The maximum Gasteiger partial charge on any atom is 0.337 e. The molecule has 0 aliphatic carbocycles. The van der Waals surface area contributed by atoms with Gasteiger partial charge < -0.3 is 9.72 Å². The summed E-state index contributed by atoms with van der Waals surface area (Å²) in [5.74, 6) is -0.420. The molecular formula is C15H11NO3. The number of benzene rings is 2. The Morgan fingerprint density at radius 2 is 1.79 bits per heavy atom. The van der Waals surface area contributed by atoms with E-state index in [0.29, 0.717) is 21.9 Å². The lowest BCUT2D eigenvalue weighted by molar-refractivity contribution is 0.0601. The van der Waals surface area contributed by atoms with Crippen LogP contribution in [0.5, 0.6) is 0 Å². The number of aromatic nitrogens is 1. The number of methoxy groups -OCH3 is 1. The molecule has 0 amide bonds. The number of H-pyrrole nitrogens is 1. The number of carbonyl (C=O) groups is 1. The second-order valence-corrected chi connectivity index (χ2v) is 4.25. The van der Waals surface area contributed by atoms with Crippen LogP contribution in [0.1, 0.15) is 10.4 Å². The summed E-state index contributed by atoms with van der Waals surface area (Å²) >= 11 is 0. The lowest BCUT2D eigenvalue weighted by Crippen LogP contribution is -2.06. The first-order valence-electron chi connectivity index (χ1n) is 5.84. The number of para-hydroxylation sites is 1. The van der Waals surface area contributed by atoms with Crippen LogP contribution in [-0.2, 0) is 4.74 Å². The van der Waals surface area contributed by atoms with E-state index in [1.165, 1.54) is 7.11 Å². The molecule has 0 spiro atoms. The molecule has 1 heterocycles. The van der Waals surface area contributed by atoms with Gasteiger partial charge in [-0.2, -0.15) is 0 Å². The van der Waals surface area contributed by atoms with Gasteiger partial charge in [0.25, 0.3) is 0 Å². The van der Waals surface area contributed by atoms with Crippen LogP contribution < -0.4 is 5.43 Å². The highest BCUT2D eigenvalue weighted by atomic mass is 16.5. The zero-order valence-corrected chi connectivity index (χ0v) is 10.3. The number of hydrogen-bond acceptors (Lipinski definition) is 3. The molecule has 2 aromatic carbocycles. The van der Waals surface area contributed by atoms with Gasteiger partial charge in [-0.3, -0.25) is 4.79 Å². The number of carbonyl (C=O) groups excluding carboxylic acids is 1. The fourth-order valence-electron chi connectivity index (χ4n) is 2.17. The van der Waals surface area contributed by atoms with Gasteiger partial charge in [0.05, 0.1) is 18.2 Å². The minimum Gasteiger partial charge on any atom is -0.465 e. The predicted molar refractivity (Wildman–Crippen MR) is 73.4 cm³/mol. The van der Waals surface area contributed by atoms with Crippen molar-refractivity contribution in [2.24, 2.45) is 0 Å². The van der Waals surface area contributed by atoms with E-state index in [1.807, 2.05) is 18.2 Å². The number of hydrogen-bond donors (Lipinski definition) is 1. The van der Waals surface area contributed by atoms with Crippen LogP contribution in [0.3, 0.4) is 0 Å². The van der Waals surface area contributed by atoms with Crippen molar-refractivity contribution in [3.8, 4) is 0 Å². The van der Waals surface area contributed by atoms with Crippen molar-refractivity contribution < 1.29 is 9.53 Å². The average molecular weight is 253 g/mol. The van der Waals surface area contributed by atoms with Crippen LogP contribution in [0, 0.1) is 0 Å². The molecule has 4 nitrogen and oxygen atoms in total. The molecule has 4 heteroatoms. The maximum atomic E-state index is 12.3.